The number of halogens is 1. The summed E-state index contributed by atoms with van der Waals surface area (Å²) >= 11 is 0. The van der Waals surface area contributed by atoms with Gasteiger partial charge in [-0.1, -0.05) is 37.5 Å². The molecule has 0 amide bonds. The number of carbonyl (C=O) groups is 1. The minimum Gasteiger partial charge on any atom is -0.494 e. The summed E-state index contributed by atoms with van der Waals surface area (Å²) in [6.45, 7) is 1.81. The van der Waals surface area contributed by atoms with Crippen LogP contribution in [0.1, 0.15) is 43.5 Å². The van der Waals surface area contributed by atoms with Gasteiger partial charge in [0, 0.05) is 24.0 Å². The monoisotopic (exact) mass is 515 g/mol. The van der Waals surface area contributed by atoms with Crippen molar-refractivity contribution >= 4 is 26.9 Å². The van der Waals surface area contributed by atoms with Gasteiger partial charge in [0.15, 0.2) is 0 Å². The quantitative estimate of drug-likeness (QED) is 0.459. The lowest BCUT2D eigenvalue weighted by Gasteiger charge is -2.34. The molecule has 0 unspecified atom stereocenters. The van der Waals surface area contributed by atoms with Gasteiger partial charge >= 0.3 is 5.97 Å². The molecule has 0 bridgehead atoms. The van der Waals surface area contributed by atoms with Crippen molar-refractivity contribution in [1.29, 1.82) is 0 Å². The molecule has 2 fully saturated rings. The average molecular weight is 516 g/mol. The van der Waals surface area contributed by atoms with Crippen molar-refractivity contribution in [2.24, 2.45) is 11.8 Å². The largest absolute Gasteiger partial charge is 0.494 e. The van der Waals surface area contributed by atoms with Crippen molar-refractivity contribution in [3.8, 4) is 5.75 Å². The molecule has 0 spiro atoms. The van der Waals surface area contributed by atoms with E-state index in [1.807, 2.05) is 35.9 Å². The highest BCUT2D eigenvalue weighted by atomic mass is 32.2. The summed E-state index contributed by atoms with van der Waals surface area (Å²) in [7, 11) is -3.97. The highest BCUT2D eigenvalue weighted by molar-refractivity contribution is 7.89. The van der Waals surface area contributed by atoms with Gasteiger partial charge in [0.05, 0.1) is 35.2 Å². The maximum absolute atomic E-state index is 13.9. The molecule has 1 N–H and O–H groups in total. The van der Waals surface area contributed by atoms with Crippen molar-refractivity contribution in [3.05, 3.63) is 53.7 Å². The number of rotatable bonds is 9. The van der Waals surface area contributed by atoms with Crippen molar-refractivity contribution in [2.75, 3.05) is 19.7 Å². The second kappa shape index (κ2) is 9.82. The summed E-state index contributed by atoms with van der Waals surface area (Å²) in [5, 5.41) is 14.8. The molecular weight excluding hydrogens is 485 g/mol. The first-order valence-corrected chi connectivity index (χ1v) is 13.8. The number of nitrogens with zero attached hydrogens (tertiary/aromatic N) is 3. The average Bonchev–Trinajstić information content (AvgIpc) is 3.40. The molecule has 1 saturated heterocycles. The molecule has 36 heavy (non-hydrogen) atoms. The van der Waals surface area contributed by atoms with Crippen LogP contribution in [0.3, 0.4) is 0 Å². The molecule has 2 heterocycles. The molecule has 8 nitrogen and oxygen atoms in total. The molecule has 1 aliphatic heterocycles. The first-order valence-electron chi connectivity index (χ1n) is 12.3. The van der Waals surface area contributed by atoms with Crippen molar-refractivity contribution in [2.45, 2.75) is 50.2 Å². The number of fused-ring (bicyclic) bond motifs is 1. The lowest BCUT2D eigenvalue weighted by atomic mass is 9.74. The van der Waals surface area contributed by atoms with Crippen molar-refractivity contribution in [3.63, 3.8) is 0 Å². The molecule has 192 valence electrons. The summed E-state index contributed by atoms with van der Waals surface area (Å²) in [5.74, 6) is -0.136. The molecule has 5 rings (SSSR count). The predicted molar refractivity (Wildman–Crippen MR) is 132 cm³/mol. The van der Waals surface area contributed by atoms with E-state index >= 15 is 0 Å². The Labute approximate surface area is 209 Å². The second-order valence-corrected chi connectivity index (χ2v) is 11.5. The molecule has 1 saturated carbocycles. The van der Waals surface area contributed by atoms with Crippen LogP contribution in [0.4, 0.5) is 4.39 Å². The Morgan fingerprint density at radius 2 is 1.97 bits per heavy atom. The summed E-state index contributed by atoms with van der Waals surface area (Å²) in [4.78, 5) is 11.4. The third-order valence-corrected chi connectivity index (χ3v) is 9.41. The number of aromatic nitrogens is 2. The first kappa shape index (κ1) is 24.7. The van der Waals surface area contributed by atoms with E-state index < -0.39 is 22.7 Å². The van der Waals surface area contributed by atoms with Gasteiger partial charge in [0.25, 0.3) is 0 Å². The summed E-state index contributed by atoms with van der Waals surface area (Å²) in [5.41, 5.74) is 1.35. The number of benzene rings is 2. The molecule has 0 radical (unpaired) electrons. The number of carboxylic acids is 1. The van der Waals surface area contributed by atoms with Gasteiger partial charge in [0.1, 0.15) is 12.4 Å². The lowest BCUT2D eigenvalue weighted by molar-refractivity contribution is -0.136. The van der Waals surface area contributed by atoms with Gasteiger partial charge in [-0.05, 0) is 43.0 Å². The van der Waals surface area contributed by atoms with Gasteiger partial charge < -0.3 is 9.84 Å². The number of carboxylic acid groups (broad SMARTS) is 1. The van der Waals surface area contributed by atoms with Crippen LogP contribution in [0.2, 0.25) is 0 Å². The molecule has 2 atom stereocenters. The van der Waals surface area contributed by atoms with Crippen LogP contribution in [0.25, 0.3) is 10.9 Å². The van der Waals surface area contributed by atoms with Crippen LogP contribution >= 0.6 is 0 Å². The summed E-state index contributed by atoms with van der Waals surface area (Å²) in [6.07, 6.45) is 2.95. The topological polar surface area (TPSA) is 102 Å². The SMILES string of the molecule is CCOc1ccc(S(=O)(=O)N2C[C@@H](C3CCC3)[C@@H](n3nc(CC(=O)O)c4ccccc43)C2)c(CF)c1. The maximum Gasteiger partial charge on any atom is 0.309 e. The Kier molecular flexibility index (Phi) is 6.74. The molecular formula is C26H30FN3O5S. The van der Waals surface area contributed by atoms with E-state index in [9.17, 15) is 22.7 Å². The summed E-state index contributed by atoms with van der Waals surface area (Å²) in [6, 6.07) is 11.7. The highest BCUT2D eigenvalue weighted by Gasteiger charge is 2.46. The highest BCUT2D eigenvalue weighted by Crippen LogP contribution is 2.45. The Morgan fingerprint density at radius 1 is 1.19 bits per heavy atom. The number of alkyl halides is 1. The first-order chi connectivity index (χ1) is 17.3. The van der Waals surface area contributed by atoms with Gasteiger partial charge in [-0.2, -0.15) is 9.40 Å². The molecule has 2 aliphatic rings. The zero-order chi connectivity index (χ0) is 25.4. The second-order valence-electron chi connectivity index (χ2n) is 9.56. The van der Waals surface area contributed by atoms with Crippen LogP contribution in [-0.4, -0.2) is 53.3 Å². The van der Waals surface area contributed by atoms with Gasteiger partial charge in [-0.25, -0.2) is 12.8 Å². The number of sulfonamides is 1. The Bertz CT molecular complexity index is 1390. The van der Waals surface area contributed by atoms with E-state index in [0.717, 1.165) is 30.2 Å². The fourth-order valence-electron chi connectivity index (χ4n) is 5.55. The Balaban J connectivity index is 1.53. The molecule has 1 aliphatic carbocycles. The van der Waals surface area contributed by atoms with Gasteiger partial charge in [-0.15, -0.1) is 0 Å². The van der Waals surface area contributed by atoms with E-state index in [1.54, 1.807) is 6.07 Å². The van der Waals surface area contributed by atoms with Gasteiger partial charge in [-0.3, -0.25) is 9.48 Å². The summed E-state index contributed by atoms with van der Waals surface area (Å²) < 4.78 is 50.1. The van der Waals surface area contributed by atoms with E-state index in [4.69, 9.17) is 9.84 Å². The predicted octanol–water partition coefficient (Wildman–Crippen LogP) is 4.19. The number of aliphatic carboxylic acids is 1. The number of hydrogen-bond donors (Lipinski definition) is 1. The maximum atomic E-state index is 13.9. The van der Waals surface area contributed by atoms with Crippen molar-refractivity contribution in [1.82, 2.24) is 14.1 Å². The van der Waals surface area contributed by atoms with E-state index in [2.05, 4.69) is 0 Å². The third-order valence-electron chi connectivity index (χ3n) is 7.48. The third kappa shape index (κ3) is 4.37. The number of ether oxygens (including phenoxy) is 1. The minimum atomic E-state index is -3.97. The fourth-order valence-corrected chi connectivity index (χ4v) is 7.23. The van der Waals surface area contributed by atoms with E-state index in [-0.39, 0.29) is 35.4 Å². The van der Waals surface area contributed by atoms with E-state index in [1.165, 1.54) is 16.4 Å². The zero-order valence-electron chi connectivity index (χ0n) is 20.1. The van der Waals surface area contributed by atoms with E-state index in [0.29, 0.717) is 30.5 Å². The Morgan fingerprint density at radius 3 is 2.64 bits per heavy atom. The van der Waals surface area contributed by atoms with Crippen LogP contribution in [0.15, 0.2) is 47.4 Å². The minimum absolute atomic E-state index is 0.0334. The Hall–Kier alpha value is -2.98. The standard InChI is InChI=1S/C26H30FN3O5S/c1-2-35-19-10-11-25(18(12-19)14-27)36(33,34)29-15-21(17-6-5-7-17)24(16-29)30-23-9-4-3-8-20(23)22(28-30)13-26(31)32/h3-4,8-12,17,21,24H,2,5-7,13-16H2,1H3,(H,31,32)/t21-,24-/m0/s1. The zero-order valence-corrected chi connectivity index (χ0v) is 21.0. The van der Waals surface area contributed by atoms with Crippen LogP contribution in [0.5, 0.6) is 5.75 Å². The van der Waals surface area contributed by atoms with Crippen LogP contribution < -0.4 is 4.74 Å². The fraction of sp³-hybridized carbons (Fsp3) is 0.462. The molecule has 10 heteroatoms. The van der Waals surface area contributed by atoms with Gasteiger partial charge in [0.2, 0.25) is 10.0 Å². The lowest BCUT2D eigenvalue weighted by Crippen LogP contribution is -2.32. The molecule has 1 aromatic heterocycles. The van der Waals surface area contributed by atoms with Crippen LogP contribution in [0, 0.1) is 11.8 Å². The number of para-hydroxylation sites is 1. The normalized spacial score (nSPS) is 21.1. The number of hydrogen-bond acceptors (Lipinski definition) is 5. The van der Waals surface area contributed by atoms with Crippen molar-refractivity contribution < 1.29 is 27.4 Å². The molecule has 3 aromatic rings. The van der Waals surface area contributed by atoms with Crippen LogP contribution in [-0.2, 0) is 27.9 Å². The smallest absolute Gasteiger partial charge is 0.309 e. The molecule has 2 aromatic carbocycles.